The number of aryl methyl sites for hydroxylation is 1. The van der Waals surface area contributed by atoms with Crippen molar-refractivity contribution in [2.45, 2.75) is 26.7 Å². The Balaban J connectivity index is 2.25. The number of alkyl halides is 1. The molecule has 1 amide bonds. The molecule has 0 aromatic heterocycles. The van der Waals surface area contributed by atoms with Gasteiger partial charge in [-0.25, -0.2) is 0 Å². The van der Waals surface area contributed by atoms with E-state index in [4.69, 9.17) is 4.74 Å². The summed E-state index contributed by atoms with van der Waals surface area (Å²) in [5, 5.41) is 0.867. The van der Waals surface area contributed by atoms with Crippen LogP contribution in [0.2, 0.25) is 0 Å². The van der Waals surface area contributed by atoms with Gasteiger partial charge in [0.1, 0.15) is 5.75 Å². The standard InChI is InChI=1S/C15H20BrNO2/c1-3-6-19-14-7-11(2)4-5-13(14)17-10-12(9-16)8-15(17)18/h4-5,7,12H,3,6,8-10H2,1-2H3. The lowest BCUT2D eigenvalue weighted by Gasteiger charge is -2.20. The Labute approximate surface area is 123 Å². The normalized spacial score (nSPS) is 19.0. The van der Waals surface area contributed by atoms with Crippen molar-refractivity contribution in [1.82, 2.24) is 0 Å². The number of hydrogen-bond donors (Lipinski definition) is 0. The van der Waals surface area contributed by atoms with Crippen molar-refractivity contribution in [3.05, 3.63) is 23.8 Å². The van der Waals surface area contributed by atoms with Crippen molar-refractivity contribution in [2.75, 3.05) is 23.4 Å². The van der Waals surface area contributed by atoms with E-state index in [1.165, 1.54) is 0 Å². The molecule has 0 aliphatic carbocycles. The largest absolute Gasteiger partial charge is 0.491 e. The van der Waals surface area contributed by atoms with Gasteiger partial charge >= 0.3 is 0 Å². The minimum Gasteiger partial charge on any atom is -0.491 e. The molecule has 1 heterocycles. The summed E-state index contributed by atoms with van der Waals surface area (Å²) in [6, 6.07) is 6.04. The van der Waals surface area contributed by atoms with Crippen LogP contribution in [-0.4, -0.2) is 24.4 Å². The molecule has 104 valence electrons. The highest BCUT2D eigenvalue weighted by atomic mass is 79.9. The number of rotatable bonds is 5. The fourth-order valence-electron chi connectivity index (χ4n) is 2.29. The van der Waals surface area contributed by atoms with Crippen molar-refractivity contribution in [2.24, 2.45) is 5.92 Å². The first-order chi connectivity index (χ1) is 9.15. The third-order valence-corrected chi connectivity index (χ3v) is 4.21. The van der Waals surface area contributed by atoms with Crippen LogP contribution in [0.5, 0.6) is 5.75 Å². The maximum Gasteiger partial charge on any atom is 0.227 e. The van der Waals surface area contributed by atoms with Gasteiger partial charge in [-0.05, 0) is 37.0 Å². The summed E-state index contributed by atoms with van der Waals surface area (Å²) >= 11 is 3.47. The number of benzene rings is 1. The van der Waals surface area contributed by atoms with Gasteiger partial charge in [0.05, 0.1) is 12.3 Å². The second-order valence-corrected chi connectivity index (χ2v) is 5.70. The lowest BCUT2D eigenvalue weighted by molar-refractivity contribution is -0.117. The van der Waals surface area contributed by atoms with Gasteiger partial charge < -0.3 is 9.64 Å². The maximum atomic E-state index is 12.1. The van der Waals surface area contributed by atoms with Crippen LogP contribution in [-0.2, 0) is 4.79 Å². The van der Waals surface area contributed by atoms with E-state index in [0.29, 0.717) is 18.9 Å². The van der Waals surface area contributed by atoms with Crippen LogP contribution in [0.15, 0.2) is 18.2 Å². The first-order valence-corrected chi connectivity index (χ1v) is 7.87. The van der Waals surface area contributed by atoms with Crippen molar-refractivity contribution in [3.63, 3.8) is 0 Å². The van der Waals surface area contributed by atoms with Gasteiger partial charge in [-0.1, -0.05) is 28.9 Å². The van der Waals surface area contributed by atoms with Gasteiger partial charge in [-0.3, -0.25) is 4.79 Å². The fraction of sp³-hybridized carbons (Fsp3) is 0.533. The zero-order valence-electron chi connectivity index (χ0n) is 11.5. The summed E-state index contributed by atoms with van der Waals surface area (Å²) in [7, 11) is 0. The number of nitrogens with zero attached hydrogens (tertiary/aromatic N) is 1. The Kier molecular flexibility index (Phi) is 4.86. The summed E-state index contributed by atoms with van der Waals surface area (Å²) in [5.41, 5.74) is 2.06. The highest BCUT2D eigenvalue weighted by Crippen LogP contribution is 2.34. The Morgan fingerprint density at radius 3 is 2.89 bits per heavy atom. The summed E-state index contributed by atoms with van der Waals surface area (Å²) in [6.45, 7) is 5.57. The molecule has 0 spiro atoms. The van der Waals surface area contributed by atoms with E-state index in [0.717, 1.165) is 35.3 Å². The Bertz CT molecular complexity index is 461. The van der Waals surface area contributed by atoms with Crippen LogP contribution in [0.4, 0.5) is 5.69 Å². The minimum atomic E-state index is 0.189. The van der Waals surface area contributed by atoms with Crippen molar-refractivity contribution in [1.29, 1.82) is 0 Å². The SMILES string of the molecule is CCCOc1cc(C)ccc1N1CC(CBr)CC1=O. The number of carbonyl (C=O) groups excluding carboxylic acids is 1. The second kappa shape index (κ2) is 6.42. The monoisotopic (exact) mass is 325 g/mol. The van der Waals surface area contributed by atoms with Crippen molar-refractivity contribution in [3.8, 4) is 5.75 Å². The number of ether oxygens (including phenoxy) is 1. The maximum absolute atomic E-state index is 12.1. The quantitative estimate of drug-likeness (QED) is 0.775. The smallest absolute Gasteiger partial charge is 0.227 e. The van der Waals surface area contributed by atoms with E-state index in [1.807, 2.05) is 30.0 Å². The summed E-state index contributed by atoms with van der Waals surface area (Å²) in [4.78, 5) is 14.0. The molecule has 1 fully saturated rings. The average molecular weight is 326 g/mol. The van der Waals surface area contributed by atoms with Crippen LogP contribution >= 0.6 is 15.9 Å². The predicted molar refractivity (Wildman–Crippen MR) is 81.2 cm³/mol. The molecule has 1 saturated heterocycles. The molecule has 1 aliphatic heterocycles. The van der Waals surface area contributed by atoms with Gasteiger partial charge in [0.2, 0.25) is 5.91 Å². The molecule has 0 radical (unpaired) electrons. The molecule has 4 heteroatoms. The molecule has 0 bridgehead atoms. The Morgan fingerprint density at radius 2 is 2.26 bits per heavy atom. The predicted octanol–water partition coefficient (Wildman–Crippen LogP) is 3.53. The van der Waals surface area contributed by atoms with Crippen LogP contribution in [0.25, 0.3) is 0 Å². The van der Waals surface area contributed by atoms with Gasteiger partial charge in [-0.15, -0.1) is 0 Å². The minimum absolute atomic E-state index is 0.189. The Morgan fingerprint density at radius 1 is 1.47 bits per heavy atom. The first-order valence-electron chi connectivity index (χ1n) is 6.75. The Hall–Kier alpha value is -1.03. The van der Waals surface area contributed by atoms with Gasteiger partial charge in [0.15, 0.2) is 0 Å². The molecule has 1 unspecified atom stereocenters. The molecule has 0 saturated carbocycles. The van der Waals surface area contributed by atoms with E-state index in [1.54, 1.807) is 0 Å². The van der Waals surface area contributed by atoms with E-state index in [-0.39, 0.29) is 5.91 Å². The highest BCUT2D eigenvalue weighted by Gasteiger charge is 2.31. The number of carbonyl (C=O) groups is 1. The molecule has 1 atom stereocenters. The van der Waals surface area contributed by atoms with E-state index in [9.17, 15) is 4.79 Å². The zero-order chi connectivity index (χ0) is 13.8. The first kappa shape index (κ1) is 14.4. The van der Waals surface area contributed by atoms with Crippen LogP contribution in [0.1, 0.15) is 25.3 Å². The summed E-state index contributed by atoms with van der Waals surface area (Å²) in [6.07, 6.45) is 1.58. The topological polar surface area (TPSA) is 29.5 Å². The van der Waals surface area contributed by atoms with Crippen molar-refractivity contribution < 1.29 is 9.53 Å². The number of anilines is 1. The lowest BCUT2D eigenvalue weighted by atomic mass is 10.1. The molecule has 3 nitrogen and oxygen atoms in total. The molecule has 1 aromatic rings. The van der Waals surface area contributed by atoms with E-state index < -0.39 is 0 Å². The van der Waals surface area contributed by atoms with Gasteiger partial charge in [0, 0.05) is 18.3 Å². The third-order valence-electron chi connectivity index (χ3n) is 3.29. The van der Waals surface area contributed by atoms with Crippen LogP contribution < -0.4 is 9.64 Å². The molecule has 2 rings (SSSR count). The highest BCUT2D eigenvalue weighted by molar-refractivity contribution is 9.09. The fourth-order valence-corrected chi connectivity index (χ4v) is 2.72. The third kappa shape index (κ3) is 3.30. The van der Waals surface area contributed by atoms with Crippen molar-refractivity contribution >= 4 is 27.5 Å². The zero-order valence-corrected chi connectivity index (χ0v) is 13.1. The summed E-state index contributed by atoms with van der Waals surface area (Å²) in [5.74, 6) is 1.41. The average Bonchev–Trinajstić information content (AvgIpc) is 2.78. The number of amides is 1. The molecule has 1 aliphatic rings. The van der Waals surface area contributed by atoms with E-state index in [2.05, 4.69) is 22.9 Å². The molecular weight excluding hydrogens is 306 g/mol. The summed E-state index contributed by atoms with van der Waals surface area (Å²) < 4.78 is 5.79. The molecule has 0 N–H and O–H groups in total. The molecular formula is C15H20BrNO2. The van der Waals surface area contributed by atoms with Gasteiger partial charge in [0.25, 0.3) is 0 Å². The van der Waals surface area contributed by atoms with Crippen LogP contribution in [0, 0.1) is 12.8 Å². The van der Waals surface area contributed by atoms with Crippen LogP contribution in [0.3, 0.4) is 0 Å². The molecule has 1 aromatic carbocycles. The molecule has 19 heavy (non-hydrogen) atoms. The van der Waals surface area contributed by atoms with Gasteiger partial charge in [-0.2, -0.15) is 0 Å². The number of hydrogen-bond acceptors (Lipinski definition) is 2. The second-order valence-electron chi connectivity index (χ2n) is 5.05. The lowest BCUT2D eigenvalue weighted by Crippen LogP contribution is -2.25. The number of halogens is 1. The van der Waals surface area contributed by atoms with E-state index >= 15 is 0 Å².